The van der Waals surface area contributed by atoms with Gasteiger partial charge in [-0.3, -0.25) is 0 Å². The van der Waals surface area contributed by atoms with Crippen LogP contribution in [0, 0.1) is 12.3 Å². The summed E-state index contributed by atoms with van der Waals surface area (Å²) >= 11 is 2.45. The lowest BCUT2D eigenvalue weighted by Crippen LogP contribution is -2.41. The molecular weight excluding hydrogens is 263 g/mol. The van der Waals surface area contributed by atoms with E-state index in [4.69, 9.17) is 6.42 Å². The predicted molar refractivity (Wildman–Crippen MR) is 63.8 cm³/mol. The minimum atomic E-state index is -1.07. The van der Waals surface area contributed by atoms with Gasteiger partial charge in [-0.25, -0.2) is 0 Å². The van der Waals surface area contributed by atoms with Gasteiger partial charge in [0.25, 0.3) is 0 Å². The number of hydrogen-bond acceptors (Lipinski definition) is 0. The van der Waals surface area contributed by atoms with Gasteiger partial charge in [0, 0.05) is 0 Å². The lowest BCUT2D eigenvalue weighted by Gasteiger charge is -2.30. The average Bonchev–Trinajstić information content (AvgIpc) is 2.08. The Hall–Kier alpha value is 0.507. The van der Waals surface area contributed by atoms with Crippen LogP contribution in [-0.4, -0.2) is 11.6 Å². The van der Waals surface area contributed by atoms with Crippen molar-refractivity contribution in [1.29, 1.82) is 0 Å². The maximum atomic E-state index is 5.46. The fourth-order valence-electron chi connectivity index (χ4n) is 1.46. The molecule has 0 radical (unpaired) electrons. The Morgan fingerprint density at radius 3 is 1.73 bits per heavy atom. The van der Waals surface area contributed by atoms with E-state index in [0.29, 0.717) is 3.55 Å². The van der Waals surface area contributed by atoms with Gasteiger partial charge in [0.2, 0.25) is 0 Å². The van der Waals surface area contributed by atoms with Gasteiger partial charge in [0.1, 0.15) is 0 Å². The van der Waals surface area contributed by atoms with Crippen molar-refractivity contribution in [1.82, 2.24) is 0 Å². The van der Waals surface area contributed by atoms with Crippen LogP contribution >= 0.6 is 22.6 Å². The number of terminal acetylenes is 1. The van der Waals surface area contributed by atoms with Gasteiger partial charge in [-0.15, -0.1) is 6.42 Å². The molecule has 11 heavy (non-hydrogen) atoms. The summed E-state index contributed by atoms with van der Waals surface area (Å²) in [4.78, 5) is 0. The molecule has 0 aliphatic rings. The molecule has 0 rings (SSSR count). The first-order valence-corrected chi connectivity index (χ1v) is 8.21. The highest BCUT2D eigenvalue weighted by atomic mass is 127. The maximum Gasteiger partial charge on any atom is 0.0820 e. The fraction of sp³-hybridized carbons (Fsp3) is 0.778. The van der Waals surface area contributed by atoms with Gasteiger partial charge in [-0.1, -0.05) is 67.4 Å². The van der Waals surface area contributed by atoms with Crippen LogP contribution in [0.5, 0.6) is 0 Å². The smallest absolute Gasteiger partial charge is 0.0820 e. The lowest BCUT2D eigenvalue weighted by atomic mass is 10.8. The van der Waals surface area contributed by atoms with Gasteiger partial charge in [0.05, 0.1) is 11.6 Å². The molecule has 0 aliphatic heterocycles. The SMILES string of the molecule is C#CC(I)[Si](CC)(CC)CC. The van der Waals surface area contributed by atoms with Crippen molar-refractivity contribution in [3.8, 4) is 12.3 Å². The summed E-state index contributed by atoms with van der Waals surface area (Å²) in [5.74, 6) is 2.91. The summed E-state index contributed by atoms with van der Waals surface area (Å²) in [6.45, 7) is 6.88. The molecule has 0 bridgehead atoms. The zero-order chi connectivity index (χ0) is 8.91. The van der Waals surface area contributed by atoms with Gasteiger partial charge < -0.3 is 0 Å². The standard InChI is InChI=1S/C9H17ISi/c1-5-9(10)11(6-2,7-3)8-4/h1,9H,6-8H2,2-4H3. The fourth-order valence-corrected chi connectivity index (χ4v) is 8.36. The van der Waals surface area contributed by atoms with Crippen LogP contribution < -0.4 is 0 Å². The number of hydrogen-bond donors (Lipinski definition) is 0. The Morgan fingerprint density at radius 2 is 1.64 bits per heavy atom. The third-order valence-corrected chi connectivity index (χ3v) is 12.6. The molecule has 1 unspecified atom stereocenters. The second-order valence-electron chi connectivity index (χ2n) is 2.95. The summed E-state index contributed by atoms with van der Waals surface area (Å²) < 4.78 is 0.528. The minimum absolute atomic E-state index is 0.528. The van der Waals surface area contributed by atoms with Gasteiger partial charge >= 0.3 is 0 Å². The zero-order valence-corrected chi connectivity index (χ0v) is 10.8. The molecule has 0 amide bonds. The summed E-state index contributed by atoms with van der Waals surface area (Å²) in [5.41, 5.74) is 0. The topological polar surface area (TPSA) is 0 Å². The number of alkyl halides is 1. The molecule has 0 saturated heterocycles. The van der Waals surface area contributed by atoms with Crippen molar-refractivity contribution >= 4 is 30.7 Å². The molecule has 0 aromatic heterocycles. The Morgan fingerprint density at radius 1 is 1.27 bits per heavy atom. The second-order valence-corrected chi connectivity index (χ2v) is 10.8. The van der Waals surface area contributed by atoms with Crippen LogP contribution in [0.3, 0.4) is 0 Å². The minimum Gasteiger partial charge on any atom is -0.119 e. The molecule has 0 fully saturated rings. The van der Waals surface area contributed by atoms with E-state index in [1.54, 1.807) is 0 Å². The first-order chi connectivity index (χ1) is 5.16. The molecule has 2 heteroatoms. The Kier molecular flexibility index (Phi) is 5.45. The Balaban J connectivity index is 4.42. The summed E-state index contributed by atoms with van der Waals surface area (Å²) in [6.07, 6.45) is 5.46. The molecular formula is C9H17ISi. The molecule has 0 saturated carbocycles. The molecule has 0 spiro atoms. The van der Waals surface area contributed by atoms with E-state index >= 15 is 0 Å². The zero-order valence-electron chi connectivity index (χ0n) is 7.65. The first-order valence-electron chi connectivity index (χ1n) is 4.27. The van der Waals surface area contributed by atoms with Crippen molar-refractivity contribution in [2.24, 2.45) is 0 Å². The van der Waals surface area contributed by atoms with Crippen LogP contribution in [0.2, 0.25) is 18.1 Å². The Bertz CT molecular complexity index is 136. The highest BCUT2D eigenvalue weighted by Crippen LogP contribution is 2.28. The van der Waals surface area contributed by atoms with Crippen molar-refractivity contribution < 1.29 is 0 Å². The molecule has 64 valence electrons. The number of halogens is 1. The van der Waals surface area contributed by atoms with Crippen molar-refractivity contribution in [3.05, 3.63) is 0 Å². The van der Waals surface area contributed by atoms with Crippen LogP contribution in [-0.2, 0) is 0 Å². The monoisotopic (exact) mass is 280 g/mol. The van der Waals surface area contributed by atoms with E-state index in [0.717, 1.165) is 0 Å². The van der Waals surface area contributed by atoms with Gasteiger partial charge in [-0.2, -0.15) is 0 Å². The first kappa shape index (κ1) is 11.5. The molecule has 0 aliphatic carbocycles. The van der Waals surface area contributed by atoms with E-state index in [1.807, 2.05) is 0 Å². The average molecular weight is 280 g/mol. The molecule has 0 N–H and O–H groups in total. The quantitative estimate of drug-likeness (QED) is 0.320. The van der Waals surface area contributed by atoms with E-state index in [9.17, 15) is 0 Å². The van der Waals surface area contributed by atoms with E-state index in [1.165, 1.54) is 18.1 Å². The third-order valence-electron chi connectivity index (χ3n) is 2.80. The van der Waals surface area contributed by atoms with E-state index in [2.05, 4.69) is 49.3 Å². The van der Waals surface area contributed by atoms with Gasteiger partial charge in [0.15, 0.2) is 0 Å². The second kappa shape index (κ2) is 5.21. The Labute approximate surface area is 85.3 Å². The third kappa shape index (κ3) is 2.48. The van der Waals surface area contributed by atoms with Crippen molar-refractivity contribution in [2.45, 2.75) is 42.5 Å². The molecule has 0 nitrogen and oxygen atoms in total. The van der Waals surface area contributed by atoms with Crippen LogP contribution in [0.15, 0.2) is 0 Å². The largest absolute Gasteiger partial charge is 0.119 e. The summed E-state index contributed by atoms with van der Waals surface area (Å²) in [6, 6.07) is 3.99. The van der Waals surface area contributed by atoms with Crippen LogP contribution in [0.25, 0.3) is 0 Å². The molecule has 0 aromatic carbocycles. The lowest BCUT2D eigenvalue weighted by molar-refractivity contribution is 1.15. The molecule has 1 atom stereocenters. The van der Waals surface area contributed by atoms with Crippen LogP contribution in [0.4, 0.5) is 0 Å². The molecule has 0 heterocycles. The summed E-state index contributed by atoms with van der Waals surface area (Å²) in [5, 5.41) is 0. The van der Waals surface area contributed by atoms with Gasteiger partial charge in [-0.05, 0) is 0 Å². The highest BCUT2D eigenvalue weighted by molar-refractivity contribution is 14.1. The number of rotatable bonds is 4. The normalized spacial score (nSPS) is 14.1. The van der Waals surface area contributed by atoms with E-state index in [-0.39, 0.29) is 0 Å². The predicted octanol–water partition coefficient (Wildman–Crippen LogP) is 3.47. The maximum absolute atomic E-state index is 5.46. The van der Waals surface area contributed by atoms with Crippen molar-refractivity contribution in [3.63, 3.8) is 0 Å². The summed E-state index contributed by atoms with van der Waals surface area (Å²) in [7, 11) is -1.07. The molecule has 0 aromatic rings. The van der Waals surface area contributed by atoms with Crippen molar-refractivity contribution in [2.75, 3.05) is 0 Å². The van der Waals surface area contributed by atoms with Crippen LogP contribution in [0.1, 0.15) is 20.8 Å². The highest BCUT2D eigenvalue weighted by Gasteiger charge is 2.33. The van der Waals surface area contributed by atoms with E-state index < -0.39 is 8.07 Å².